The number of carbonyl (C=O) groups is 1. The third-order valence-electron chi connectivity index (χ3n) is 3.49. The van der Waals surface area contributed by atoms with Crippen LogP contribution in [-0.4, -0.2) is 24.2 Å². The molecule has 0 bridgehead atoms. The van der Waals surface area contributed by atoms with Crippen molar-refractivity contribution in [3.63, 3.8) is 0 Å². The quantitative estimate of drug-likeness (QED) is 0.898. The van der Waals surface area contributed by atoms with E-state index in [1.54, 1.807) is 12.1 Å². The summed E-state index contributed by atoms with van der Waals surface area (Å²) in [6.45, 7) is 3.95. The van der Waals surface area contributed by atoms with Crippen molar-refractivity contribution in [1.29, 1.82) is 0 Å². The first-order chi connectivity index (χ1) is 8.56. The summed E-state index contributed by atoms with van der Waals surface area (Å²) in [6, 6.07) is 4.73. The molecule has 98 valence electrons. The molecule has 1 heterocycles. The molecule has 0 amide bonds. The van der Waals surface area contributed by atoms with Crippen molar-refractivity contribution in [1.82, 2.24) is 0 Å². The lowest BCUT2D eigenvalue weighted by Crippen LogP contribution is -2.33. The van der Waals surface area contributed by atoms with Crippen LogP contribution in [0.1, 0.15) is 25.3 Å². The van der Waals surface area contributed by atoms with E-state index < -0.39 is 5.97 Å². The van der Waals surface area contributed by atoms with Crippen LogP contribution in [0.15, 0.2) is 18.2 Å². The molecule has 3 nitrogen and oxygen atoms in total. The van der Waals surface area contributed by atoms with Crippen molar-refractivity contribution in [2.75, 3.05) is 18.0 Å². The van der Waals surface area contributed by atoms with Gasteiger partial charge in [-0.05, 0) is 36.5 Å². The van der Waals surface area contributed by atoms with Crippen LogP contribution in [-0.2, 0) is 11.2 Å². The molecule has 18 heavy (non-hydrogen) atoms. The Morgan fingerprint density at radius 1 is 1.44 bits per heavy atom. The molecule has 1 aromatic rings. The van der Waals surface area contributed by atoms with Crippen LogP contribution in [0.5, 0.6) is 0 Å². The number of nitrogens with zero attached hydrogens (tertiary/aromatic N) is 1. The standard InChI is InChI=1S/C14H18FNO2/c1-10-4-6-16(7-5-10)13-3-2-11(8-12(13)15)9-14(17)18/h2-3,8,10H,4-7,9H2,1H3,(H,17,18). The first-order valence-electron chi connectivity index (χ1n) is 6.31. The first kappa shape index (κ1) is 12.9. The van der Waals surface area contributed by atoms with Crippen LogP contribution in [0.25, 0.3) is 0 Å². The van der Waals surface area contributed by atoms with E-state index in [0.717, 1.165) is 25.9 Å². The largest absolute Gasteiger partial charge is 0.481 e. The lowest BCUT2D eigenvalue weighted by atomic mass is 9.98. The summed E-state index contributed by atoms with van der Waals surface area (Å²) in [6.07, 6.45) is 2.03. The van der Waals surface area contributed by atoms with E-state index in [9.17, 15) is 9.18 Å². The molecule has 1 aliphatic rings. The molecule has 0 aliphatic carbocycles. The predicted octanol–water partition coefficient (Wildman–Crippen LogP) is 2.69. The van der Waals surface area contributed by atoms with Crippen LogP contribution in [0, 0.1) is 11.7 Å². The molecule has 0 unspecified atom stereocenters. The van der Waals surface area contributed by atoms with E-state index in [2.05, 4.69) is 6.92 Å². The zero-order valence-electron chi connectivity index (χ0n) is 10.5. The number of anilines is 1. The van der Waals surface area contributed by atoms with Gasteiger partial charge in [-0.3, -0.25) is 4.79 Å². The summed E-state index contributed by atoms with van der Waals surface area (Å²) in [5, 5.41) is 8.67. The monoisotopic (exact) mass is 251 g/mol. The van der Waals surface area contributed by atoms with Crippen molar-refractivity contribution in [3.8, 4) is 0 Å². The SMILES string of the molecule is CC1CCN(c2ccc(CC(=O)O)cc2F)CC1. The Labute approximate surface area is 106 Å². The molecule has 1 fully saturated rings. The second-order valence-corrected chi connectivity index (χ2v) is 5.03. The summed E-state index contributed by atoms with van der Waals surface area (Å²) in [5.41, 5.74) is 1.10. The van der Waals surface area contributed by atoms with Gasteiger partial charge in [0, 0.05) is 13.1 Å². The summed E-state index contributed by atoms with van der Waals surface area (Å²) in [4.78, 5) is 12.6. The van der Waals surface area contributed by atoms with Gasteiger partial charge in [0.2, 0.25) is 0 Å². The molecular formula is C14H18FNO2. The van der Waals surface area contributed by atoms with Gasteiger partial charge in [0.1, 0.15) is 5.82 Å². The average molecular weight is 251 g/mol. The minimum Gasteiger partial charge on any atom is -0.481 e. The Morgan fingerprint density at radius 2 is 2.11 bits per heavy atom. The zero-order valence-corrected chi connectivity index (χ0v) is 10.5. The molecule has 0 radical (unpaired) electrons. The molecule has 1 aliphatic heterocycles. The summed E-state index contributed by atoms with van der Waals surface area (Å²) < 4.78 is 13.9. The number of hydrogen-bond acceptors (Lipinski definition) is 2. The van der Waals surface area contributed by atoms with Gasteiger partial charge in [-0.2, -0.15) is 0 Å². The Balaban J connectivity index is 2.12. The maximum atomic E-state index is 13.9. The molecule has 0 saturated carbocycles. The van der Waals surface area contributed by atoms with Crippen molar-refractivity contribution < 1.29 is 14.3 Å². The normalized spacial score (nSPS) is 16.9. The van der Waals surface area contributed by atoms with Crippen molar-refractivity contribution in [2.24, 2.45) is 5.92 Å². The van der Waals surface area contributed by atoms with Crippen molar-refractivity contribution in [2.45, 2.75) is 26.2 Å². The fourth-order valence-corrected chi connectivity index (χ4v) is 2.34. The number of benzene rings is 1. The van der Waals surface area contributed by atoms with Crippen LogP contribution >= 0.6 is 0 Å². The first-order valence-corrected chi connectivity index (χ1v) is 6.31. The fraction of sp³-hybridized carbons (Fsp3) is 0.500. The third kappa shape index (κ3) is 3.00. The fourth-order valence-electron chi connectivity index (χ4n) is 2.34. The molecule has 2 rings (SSSR count). The summed E-state index contributed by atoms with van der Waals surface area (Å²) in [5.74, 6) is -0.548. The Morgan fingerprint density at radius 3 is 2.67 bits per heavy atom. The second-order valence-electron chi connectivity index (χ2n) is 5.03. The highest BCUT2D eigenvalue weighted by Crippen LogP contribution is 2.26. The number of piperidine rings is 1. The smallest absolute Gasteiger partial charge is 0.307 e. The van der Waals surface area contributed by atoms with Crippen LogP contribution in [0.4, 0.5) is 10.1 Å². The molecular weight excluding hydrogens is 233 g/mol. The summed E-state index contributed by atoms with van der Waals surface area (Å²) in [7, 11) is 0. The number of aliphatic carboxylic acids is 1. The number of carboxylic acid groups (broad SMARTS) is 1. The zero-order chi connectivity index (χ0) is 13.1. The number of halogens is 1. The molecule has 0 aromatic heterocycles. The lowest BCUT2D eigenvalue weighted by molar-refractivity contribution is -0.136. The Bertz CT molecular complexity index is 439. The highest BCUT2D eigenvalue weighted by molar-refractivity contribution is 5.70. The Kier molecular flexibility index (Phi) is 3.84. The molecule has 4 heteroatoms. The van der Waals surface area contributed by atoms with E-state index >= 15 is 0 Å². The molecule has 1 saturated heterocycles. The average Bonchev–Trinajstić information content (AvgIpc) is 2.30. The van der Waals surface area contributed by atoms with Gasteiger partial charge >= 0.3 is 5.97 Å². The van der Waals surface area contributed by atoms with E-state index in [4.69, 9.17) is 5.11 Å². The van der Waals surface area contributed by atoms with Gasteiger partial charge in [0.05, 0.1) is 12.1 Å². The van der Waals surface area contributed by atoms with E-state index in [-0.39, 0.29) is 12.2 Å². The molecule has 0 spiro atoms. The lowest BCUT2D eigenvalue weighted by Gasteiger charge is -2.32. The maximum absolute atomic E-state index is 13.9. The van der Waals surface area contributed by atoms with E-state index in [0.29, 0.717) is 17.2 Å². The van der Waals surface area contributed by atoms with Gasteiger partial charge in [-0.25, -0.2) is 4.39 Å². The number of rotatable bonds is 3. The van der Waals surface area contributed by atoms with Crippen molar-refractivity contribution >= 4 is 11.7 Å². The van der Waals surface area contributed by atoms with Crippen molar-refractivity contribution in [3.05, 3.63) is 29.6 Å². The van der Waals surface area contributed by atoms with E-state index in [1.165, 1.54) is 6.07 Å². The topological polar surface area (TPSA) is 40.5 Å². The van der Waals surface area contributed by atoms with Crippen LogP contribution in [0.3, 0.4) is 0 Å². The molecule has 0 atom stereocenters. The molecule has 1 aromatic carbocycles. The van der Waals surface area contributed by atoms with E-state index in [1.807, 2.05) is 4.90 Å². The third-order valence-corrected chi connectivity index (χ3v) is 3.49. The maximum Gasteiger partial charge on any atom is 0.307 e. The van der Waals surface area contributed by atoms with Gasteiger partial charge in [0.25, 0.3) is 0 Å². The molecule has 1 N–H and O–H groups in total. The van der Waals surface area contributed by atoms with Crippen LogP contribution in [0.2, 0.25) is 0 Å². The van der Waals surface area contributed by atoms with Gasteiger partial charge < -0.3 is 10.0 Å². The predicted molar refractivity (Wildman–Crippen MR) is 68.4 cm³/mol. The van der Waals surface area contributed by atoms with Gasteiger partial charge in [-0.15, -0.1) is 0 Å². The number of carboxylic acids is 1. The highest BCUT2D eigenvalue weighted by atomic mass is 19.1. The second kappa shape index (κ2) is 5.38. The van der Waals surface area contributed by atoms with Gasteiger partial charge in [0.15, 0.2) is 0 Å². The Hall–Kier alpha value is -1.58. The van der Waals surface area contributed by atoms with Gasteiger partial charge in [-0.1, -0.05) is 13.0 Å². The minimum absolute atomic E-state index is 0.131. The summed E-state index contributed by atoms with van der Waals surface area (Å²) >= 11 is 0. The van der Waals surface area contributed by atoms with Crippen LogP contribution < -0.4 is 4.90 Å². The minimum atomic E-state index is -0.936. The number of hydrogen-bond donors (Lipinski definition) is 1. The highest BCUT2D eigenvalue weighted by Gasteiger charge is 2.18.